The normalized spacial score (nSPS) is 13.2. The summed E-state index contributed by atoms with van der Waals surface area (Å²) in [5.41, 5.74) is 0.405. The Labute approximate surface area is 148 Å². The van der Waals surface area contributed by atoms with E-state index in [1.165, 1.54) is 18.5 Å². The van der Waals surface area contributed by atoms with Crippen LogP contribution in [-0.2, 0) is 0 Å². The first-order valence-electron chi connectivity index (χ1n) is 8.01. The minimum atomic E-state index is -4.27. The number of hydrogen-bond donors (Lipinski definition) is 0. The van der Waals surface area contributed by atoms with Gasteiger partial charge >= 0.3 is 6.18 Å². The van der Waals surface area contributed by atoms with Crippen molar-refractivity contribution < 1.29 is 17.6 Å². The van der Waals surface area contributed by atoms with Gasteiger partial charge < -0.3 is 0 Å². The lowest BCUT2D eigenvalue weighted by Gasteiger charge is -2.18. The van der Waals surface area contributed by atoms with Gasteiger partial charge in [-0.15, -0.1) is 0 Å². The van der Waals surface area contributed by atoms with Crippen molar-refractivity contribution in [1.82, 2.24) is 9.55 Å². The van der Waals surface area contributed by atoms with Crippen LogP contribution in [0.1, 0.15) is 5.56 Å². The van der Waals surface area contributed by atoms with E-state index in [1.54, 1.807) is 37.7 Å². The van der Waals surface area contributed by atoms with E-state index in [-0.39, 0.29) is 5.69 Å². The second kappa shape index (κ2) is 6.68. The van der Waals surface area contributed by atoms with Gasteiger partial charge in [0.1, 0.15) is 12.1 Å². The van der Waals surface area contributed by atoms with Crippen molar-refractivity contribution in [3.63, 3.8) is 0 Å². The van der Waals surface area contributed by atoms with Crippen molar-refractivity contribution in [2.45, 2.75) is 25.7 Å². The van der Waals surface area contributed by atoms with E-state index in [0.717, 1.165) is 4.57 Å². The Balaban J connectivity index is 2.16. The van der Waals surface area contributed by atoms with Crippen molar-refractivity contribution in [1.29, 1.82) is 0 Å². The molecule has 3 nitrogen and oxygen atoms in total. The van der Waals surface area contributed by atoms with E-state index in [1.807, 2.05) is 0 Å². The molecule has 0 fully saturated rings. The van der Waals surface area contributed by atoms with Gasteiger partial charge in [0.2, 0.25) is 0 Å². The number of fused-ring (bicyclic) bond motifs is 1. The number of benzene rings is 2. The first kappa shape index (κ1) is 18.3. The summed E-state index contributed by atoms with van der Waals surface area (Å²) in [5, 5.41) is 0.802. The predicted molar refractivity (Wildman–Crippen MR) is 95.5 cm³/mol. The van der Waals surface area contributed by atoms with Crippen molar-refractivity contribution in [2.24, 2.45) is 0 Å². The molecule has 1 atom stereocenters. The first-order valence-corrected chi connectivity index (χ1v) is 10.6. The molecule has 0 spiro atoms. The Morgan fingerprint density at radius 2 is 1.88 bits per heavy atom. The number of aromatic nitrogens is 2. The van der Waals surface area contributed by atoms with Crippen LogP contribution in [0.2, 0.25) is 12.6 Å². The molecular formula is C18H16F4N2OSi. The summed E-state index contributed by atoms with van der Waals surface area (Å²) >= 11 is 0. The van der Waals surface area contributed by atoms with Gasteiger partial charge in [-0.05, 0) is 36.8 Å². The van der Waals surface area contributed by atoms with Crippen molar-refractivity contribution in [3.05, 3.63) is 64.5 Å². The van der Waals surface area contributed by atoms with E-state index in [2.05, 4.69) is 4.98 Å². The summed E-state index contributed by atoms with van der Waals surface area (Å²) in [5.74, 6) is -0.668. The number of rotatable bonds is 3. The Kier molecular flexibility index (Phi) is 4.70. The van der Waals surface area contributed by atoms with Crippen molar-refractivity contribution in [2.75, 3.05) is 0 Å². The first-order chi connectivity index (χ1) is 12.2. The van der Waals surface area contributed by atoms with Crippen LogP contribution >= 0.6 is 0 Å². The molecule has 0 radical (unpaired) electrons. The van der Waals surface area contributed by atoms with Gasteiger partial charge in [-0.2, -0.15) is 13.2 Å². The topological polar surface area (TPSA) is 34.9 Å². The fraction of sp³-hybridized carbons (Fsp3) is 0.222. The minimum Gasteiger partial charge on any atom is -0.268 e. The third-order valence-corrected chi connectivity index (χ3v) is 7.09. The number of halogens is 4. The molecule has 0 aliphatic heterocycles. The lowest BCUT2D eigenvalue weighted by molar-refractivity contribution is -0.110. The van der Waals surface area contributed by atoms with Crippen LogP contribution < -0.4 is 10.7 Å². The van der Waals surface area contributed by atoms with Crippen LogP contribution in [0, 0.1) is 12.7 Å². The fourth-order valence-electron chi connectivity index (χ4n) is 3.09. The lowest BCUT2D eigenvalue weighted by atomic mass is 10.2. The molecule has 2 aromatic carbocycles. The minimum absolute atomic E-state index is 0.0737. The van der Waals surface area contributed by atoms with Crippen LogP contribution in [0.15, 0.2) is 47.5 Å². The van der Waals surface area contributed by atoms with Crippen LogP contribution in [0.3, 0.4) is 0 Å². The molecular weight excluding hydrogens is 364 g/mol. The third kappa shape index (κ3) is 3.55. The van der Waals surface area contributed by atoms with Crippen LogP contribution in [-0.4, -0.2) is 24.5 Å². The van der Waals surface area contributed by atoms with Gasteiger partial charge in [-0.25, -0.2) is 9.37 Å². The van der Waals surface area contributed by atoms with Crippen LogP contribution in [0.25, 0.3) is 16.6 Å². The fourth-order valence-corrected chi connectivity index (χ4v) is 5.31. The maximum absolute atomic E-state index is 14.5. The number of aryl methyl sites for hydroxylation is 1. The molecule has 0 saturated carbocycles. The molecule has 3 aromatic rings. The van der Waals surface area contributed by atoms with E-state index in [9.17, 15) is 22.4 Å². The van der Waals surface area contributed by atoms with Crippen LogP contribution in [0.4, 0.5) is 17.6 Å². The Morgan fingerprint density at radius 3 is 2.58 bits per heavy atom. The predicted octanol–water partition coefficient (Wildman–Crippen LogP) is 3.46. The van der Waals surface area contributed by atoms with Gasteiger partial charge in [-0.1, -0.05) is 23.9 Å². The van der Waals surface area contributed by atoms with Crippen molar-refractivity contribution in [3.8, 4) is 5.69 Å². The molecule has 8 heteroatoms. The SMILES string of the molecule is Cc1cc(F)c(-n2cnc3ccccc3c2=O)cc1[SiH](C)CC(F)(F)F. The number of para-hydroxylation sites is 1. The van der Waals surface area contributed by atoms with Gasteiger partial charge in [0.25, 0.3) is 5.56 Å². The summed E-state index contributed by atoms with van der Waals surface area (Å²) in [6.07, 6.45) is -3.06. The number of hydrogen-bond acceptors (Lipinski definition) is 2. The largest absolute Gasteiger partial charge is 0.386 e. The number of alkyl halides is 3. The molecule has 0 aliphatic carbocycles. The molecule has 26 heavy (non-hydrogen) atoms. The molecule has 1 heterocycles. The van der Waals surface area contributed by atoms with E-state index >= 15 is 0 Å². The van der Waals surface area contributed by atoms with Crippen LogP contribution in [0.5, 0.6) is 0 Å². The van der Waals surface area contributed by atoms with Gasteiger partial charge in [0.15, 0.2) is 0 Å². The molecule has 0 amide bonds. The second-order valence-corrected chi connectivity index (χ2v) is 9.15. The molecule has 0 N–H and O–H groups in total. The van der Waals surface area contributed by atoms with E-state index in [4.69, 9.17) is 0 Å². The summed E-state index contributed by atoms with van der Waals surface area (Å²) in [6.45, 7) is 3.16. The highest BCUT2D eigenvalue weighted by Crippen LogP contribution is 2.23. The maximum atomic E-state index is 14.5. The monoisotopic (exact) mass is 380 g/mol. The summed E-state index contributed by atoms with van der Waals surface area (Å²) in [7, 11) is -2.39. The number of nitrogens with zero attached hydrogens (tertiary/aromatic N) is 2. The van der Waals surface area contributed by atoms with Crippen molar-refractivity contribution >= 4 is 24.9 Å². The molecule has 0 saturated heterocycles. The Bertz CT molecular complexity index is 1030. The lowest BCUT2D eigenvalue weighted by Crippen LogP contribution is -2.34. The molecule has 0 bridgehead atoms. The van der Waals surface area contributed by atoms with Gasteiger partial charge in [0, 0.05) is 6.04 Å². The van der Waals surface area contributed by atoms with E-state index in [0.29, 0.717) is 21.7 Å². The zero-order valence-corrected chi connectivity index (χ0v) is 15.3. The molecule has 3 rings (SSSR count). The smallest absolute Gasteiger partial charge is 0.268 e. The standard InChI is InChI=1S/C18H16F4N2OSi/c1-11-7-13(19)15(8-16(11)26(2)9-18(20,21)22)24-10-23-14-6-4-3-5-12(14)17(24)25/h3-8,10,26H,9H2,1-2H3. The van der Waals surface area contributed by atoms with E-state index < -0.39 is 32.4 Å². The molecule has 1 unspecified atom stereocenters. The quantitative estimate of drug-likeness (QED) is 0.515. The highest BCUT2D eigenvalue weighted by molar-refractivity contribution is 6.72. The average Bonchev–Trinajstić information content (AvgIpc) is 2.54. The highest BCUT2D eigenvalue weighted by Gasteiger charge is 2.32. The highest BCUT2D eigenvalue weighted by atomic mass is 28.3. The Hall–Kier alpha value is -2.48. The summed E-state index contributed by atoms with van der Waals surface area (Å²) in [6, 6.07) is 8.31. The molecule has 136 valence electrons. The second-order valence-electron chi connectivity index (χ2n) is 6.32. The summed E-state index contributed by atoms with van der Waals surface area (Å²) < 4.78 is 53.8. The zero-order chi connectivity index (χ0) is 19.1. The molecule has 1 aromatic heterocycles. The van der Waals surface area contributed by atoms with Gasteiger partial charge in [-0.3, -0.25) is 9.36 Å². The third-order valence-electron chi connectivity index (χ3n) is 4.33. The maximum Gasteiger partial charge on any atom is 0.386 e. The molecule has 0 aliphatic rings. The Morgan fingerprint density at radius 1 is 1.19 bits per heavy atom. The van der Waals surface area contributed by atoms with Gasteiger partial charge in [0.05, 0.1) is 25.4 Å². The summed E-state index contributed by atoms with van der Waals surface area (Å²) in [4.78, 5) is 16.8. The average molecular weight is 380 g/mol. The zero-order valence-electron chi connectivity index (χ0n) is 14.1.